The molecule has 0 bridgehead atoms. The molecule has 0 aliphatic heterocycles. The van der Waals surface area contributed by atoms with Crippen molar-refractivity contribution in [2.75, 3.05) is 13.7 Å². The van der Waals surface area contributed by atoms with E-state index in [1.54, 1.807) is 7.11 Å². The summed E-state index contributed by atoms with van der Waals surface area (Å²) in [6.07, 6.45) is 2.89. The summed E-state index contributed by atoms with van der Waals surface area (Å²) in [6.45, 7) is 5.00. The largest absolute Gasteiger partial charge is 0.496 e. The lowest BCUT2D eigenvalue weighted by atomic mass is 9.83. The Labute approximate surface area is 116 Å². The van der Waals surface area contributed by atoms with E-state index in [4.69, 9.17) is 10.5 Å². The minimum absolute atomic E-state index is 0.144. The average molecular weight is 263 g/mol. The number of benzene rings is 1. The highest BCUT2D eigenvalue weighted by Crippen LogP contribution is 2.27. The number of nitrogens with two attached hydrogens (primary N) is 1. The van der Waals surface area contributed by atoms with Crippen LogP contribution in [-0.4, -0.2) is 19.4 Å². The Bertz CT molecular complexity index is 413. The summed E-state index contributed by atoms with van der Waals surface area (Å²) < 4.78 is 5.26. The minimum Gasteiger partial charge on any atom is -0.496 e. The van der Waals surface area contributed by atoms with E-state index >= 15 is 0 Å². The number of hydrogen-bond donors (Lipinski definition) is 1. The second-order valence-corrected chi connectivity index (χ2v) is 5.73. The van der Waals surface area contributed by atoms with Crippen LogP contribution in [0.4, 0.5) is 0 Å². The summed E-state index contributed by atoms with van der Waals surface area (Å²) in [6, 6.07) is 7.68. The Hall–Kier alpha value is -1.35. The summed E-state index contributed by atoms with van der Waals surface area (Å²) in [4.78, 5) is 12.0. The van der Waals surface area contributed by atoms with Gasteiger partial charge >= 0.3 is 0 Å². The molecule has 3 nitrogen and oxygen atoms in total. The third-order valence-electron chi connectivity index (χ3n) is 3.48. The van der Waals surface area contributed by atoms with Crippen LogP contribution in [0.5, 0.6) is 5.75 Å². The summed E-state index contributed by atoms with van der Waals surface area (Å²) in [5.74, 6) is 1.05. The molecule has 0 atom stereocenters. The van der Waals surface area contributed by atoms with Gasteiger partial charge in [-0.3, -0.25) is 4.79 Å². The van der Waals surface area contributed by atoms with Crippen molar-refractivity contribution in [1.82, 2.24) is 0 Å². The molecule has 1 aromatic carbocycles. The van der Waals surface area contributed by atoms with E-state index in [9.17, 15) is 4.79 Å². The summed E-state index contributed by atoms with van der Waals surface area (Å²) in [5, 5.41) is 0. The number of para-hydroxylation sites is 1. The van der Waals surface area contributed by atoms with Crippen molar-refractivity contribution in [3.63, 3.8) is 0 Å². The van der Waals surface area contributed by atoms with Crippen molar-refractivity contribution < 1.29 is 9.53 Å². The number of ketones is 1. The van der Waals surface area contributed by atoms with Gasteiger partial charge in [0.1, 0.15) is 11.5 Å². The maximum absolute atomic E-state index is 12.0. The number of methoxy groups -OCH3 is 1. The van der Waals surface area contributed by atoms with Crippen molar-refractivity contribution in [3.05, 3.63) is 29.8 Å². The van der Waals surface area contributed by atoms with Gasteiger partial charge in [0, 0.05) is 18.4 Å². The molecule has 106 valence electrons. The zero-order chi connectivity index (χ0) is 14.3. The molecule has 0 aromatic heterocycles. The van der Waals surface area contributed by atoms with Crippen molar-refractivity contribution in [2.24, 2.45) is 11.1 Å². The van der Waals surface area contributed by atoms with E-state index in [2.05, 4.69) is 13.8 Å². The zero-order valence-corrected chi connectivity index (χ0v) is 12.2. The first-order chi connectivity index (χ1) is 8.98. The molecule has 3 heteroatoms. The monoisotopic (exact) mass is 263 g/mol. The SMILES string of the molecule is COc1ccccc1CC(=O)CCC(C)(C)CCN. The van der Waals surface area contributed by atoms with Gasteiger partial charge in [0.25, 0.3) is 0 Å². The van der Waals surface area contributed by atoms with Crippen molar-refractivity contribution in [3.8, 4) is 5.75 Å². The van der Waals surface area contributed by atoms with E-state index < -0.39 is 0 Å². The van der Waals surface area contributed by atoms with Gasteiger partial charge in [-0.2, -0.15) is 0 Å². The molecule has 1 aromatic rings. The van der Waals surface area contributed by atoms with Crippen molar-refractivity contribution in [2.45, 2.75) is 39.5 Å². The maximum atomic E-state index is 12.0. The van der Waals surface area contributed by atoms with Crippen molar-refractivity contribution >= 4 is 5.78 Å². The Kier molecular flexibility index (Phi) is 6.03. The highest BCUT2D eigenvalue weighted by molar-refractivity contribution is 5.81. The van der Waals surface area contributed by atoms with Crippen LogP contribution in [0.15, 0.2) is 24.3 Å². The predicted octanol–water partition coefficient (Wildman–Crippen LogP) is 2.96. The summed E-state index contributed by atoms with van der Waals surface area (Å²) >= 11 is 0. The quantitative estimate of drug-likeness (QED) is 0.784. The number of hydrogen-bond acceptors (Lipinski definition) is 3. The molecule has 0 heterocycles. The number of rotatable bonds is 8. The molecule has 1 rings (SSSR count). The third-order valence-corrected chi connectivity index (χ3v) is 3.48. The lowest BCUT2D eigenvalue weighted by Crippen LogP contribution is -2.19. The van der Waals surface area contributed by atoms with Crippen LogP contribution >= 0.6 is 0 Å². The van der Waals surface area contributed by atoms with E-state index in [0.29, 0.717) is 19.4 Å². The van der Waals surface area contributed by atoms with Gasteiger partial charge in [-0.1, -0.05) is 32.0 Å². The third kappa shape index (κ3) is 5.43. The fourth-order valence-corrected chi connectivity index (χ4v) is 2.14. The van der Waals surface area contributed by atoms with Gasteiger partial charge in [0.15, 0.2) is 0 Å². The van der Waals surface area contributed by atoms with Crippen LogP contribution in [0, 0.1) is 5.41 Å². The predicted molar refractivity (Wildman–Crippen MR) is 78.4 cm³/mol. The lowest BCUT2D eigenvalue weighted by Gasteiger charge is -2.23. The fourth-order valence-electron chi connectivity index (χ4n) is 2.14. The van der Waals surface area contributed by atoms with Crippen LogP contribution in [0.1, 0.15) is 38.7 Å². The molecule has 19 heavy (non-hydrogen) atoms. The van der Waals surface area contributed by atoms with Crippen LogP contribution in [-0.2, 0) is 11.2 Å². The highest BCUT2D eigenvalue weighted by atomic mass is 16.5. The molecule has 0 saturated heterocycles. The second-order valence-electron chi connectivity index (χ2n) is 5.73. The first kappa shape index (κ1) is 15.7. The van der Waals surface area contributed by atoms with E-state index in [-0.39, 0.29) is 11.2 Å². The topological polar surface area (TPSA) is 52.3 Å². The molecule has 0 saturated carbocycles. The Balaban J connectivity index is 2.52. The molecule has 2 N–H and O–H groups in total. The van der Waals surface area contributed by atoms with Gasteiger partial charge in [0.05, 0.1) is 7.11 Å². The molecule has 0 spiro atoms. The molecule has 0 radical (unpaired) electrons. The molecule has 0 aliphatic rings. The molecular formula is C16H25NO2. The van der Waals surface area contributed by atoms with Crippen LogP contribution in [0.2, 0.25) is 0 Å². The molecule has 0 amide bonds. The molecule has 0 fully saturated rings. The van der Waals surface area contributed by atoms with E-state index in [0.717, 1.165) is 24.2 Å². The smallest absolute Gasteiger partial charge is 0.137 e. The van der Waals surface area contributed by atoms with Crippen LogP contribution in [0.25, 0.3) is 0 Å². The number of ether oxygens (including phenoxy) is 1. The van der Waals surface area contributed by atoms with Crippen LogP contribution < -0.4 is 10.5 Å². The van der Waals surface area contributed by atoms with Gasteiger partial charge in [-0.15, -0.1) is 0 Å². The Morgan fingerprint density at radius 3 is 2.58 bits per heavy atom. The standard InChI is InChI=1S/C16H25NO2/c1-16(2,10-11-17)9-8-14(18)12-13-6-4-5-7-15(13)19-3/h4-7H,8-12,17H2,1-3H3. The number of carbonyl (C=O) groups excluding carboxylic acids is 1. The van der Waals surface area contributed by atoms with Crippen LogP contribution in [0.3, 0.4) is 0 Å². The highest BCUT2D eigenvalue weighted by Gasteiger charge is 2.18. The van der Waals surface area contributed by atoms with Gasteiger partial charge in [0.2, 0.25) is 0 Å². The molecular weight excluding hydrogens is 238 g/mol. The summed E-state index contributed by atoms with van der Waals surface area (Å²) in [5.41, 5.74) is 6.69. The van der Waals surface area contributed by atoms with E-state index in [1.165, 1.54) is 0 Å². The average Bonchev–Trinajstić information content (AvgIpc) is 2.37. The molecule has 0 aliphatic carbocycles. The van der Waals surface area contributed by atoms with Crippen molar-refractivity contribution in [1.29, 1.82) is 0 Å². The van der Waals surface area contributed by atoms with Gasteiger partial charge in [-0.25, -0.2) is 0 Å². The Morgan fingerprint density at radius 1 is 1.26 bits per heavy atom. The normalized spacial score (nSPS) is 11.4. The lowest BCUT2D eigenvalue weighted by molar-refractivity contribution is -0.119. The first-order valence-electron chi connectivity index (χ1n) is 6.82. The molecule has 0 unspecified atom stereocenters. The van der Waals surface area contributed by atoms with Gasteiger partial charge in [-0.05, 0) is 30.9 Å². The zero-order valence-electron chi connectivity index (χ0n) is 12.2. The second kappa shape index (κ2) is 7.29. The van der Waals surface area contributed by atoms with E-state index in [1.807, 2.05) is 24.3 Å². The number of carbonyl (C=O) groups is 1. The van der Waals surface area contributed by atoms with Gasteiger partial charge < -0.3 is 10.5 Å². The Morgan fingerprint density at radius 2 is 1.95 bits per heavy atom. The summed E-state index contributed by atoms with van der Waals surface area (Å²) in [7, 11) is 1.63. The first-order valence-corrected chi connectivity index (χ1v) is 6.82. The fraction of sp³-hybridized carbons (Fsp3) is 0.562. The minimum atomic E-state index is 0.144. The maximum Gasteiger partial charge on any atom is 0.137 e. The number of Topliss-reactive ketones (excluding diaryl/α,β-unsaturated/α-hetero) is 1.